The van der Waals surface area contributed by atoms with E-state index in [0.717, 1.165) is 25.6 Å². The molecule has 2 aliphatic rings. The topological polar surface area (TPSA) is 26.7 Å². The van der Waals surface area contributed by atoms with Crippen molar-refractivity contribution in [3.63, 3.8) is 0 Å². The van der Waals surface area contributed by atoms with Crippen LogP contribution in [0.3, 0.4) is 0 Å². The Morgan fingerprint density at radius 3 is 2.19 bits per heavy atom. The van der Waals surface area contributed by atoms with Crippen LogP contribution in [0.15, 0.2) is 0 Å². The summed E-state index contributed by atoms with van der Waals surface area (Å²) in [6, 6.07) is 0. The Kier molecular flexibility index (Phi) is 4.62. The van der Waals surface area contributed by atoms with E-state index in [2.05, 4.69) is 9.80 Å². The number of aliphatic hydroxyl groups is 1. The summed E-state index contributed by atoms with van der Waals surface area (Å²) < 4.78 is 0. The minimum Gasteiger partial charge on any atom is -0.392 e. The van der Waals surface area contributed by atoms with Crippen molar-refractivity contribution in [3.05, 3.63) is 0 Å². The molecule has 2 fully saturated rings. The first kappa shape index (κ1) is 12.3. The molecule has 0 radical (unpaired) electrons. The number of β-amino-alcohol motifs (C(OH)–C–C–N with tert-alkyl or cyclic N) is 1. The molecule has 0 aromatic heterocycles. The zero-order chi connectivity index (χ0) is 11.4. The summed E-state index contributed by atoms with van der Waals surface area (Å²) >= 11 is 0. The molecule has 1 N–H and O–H groups in total. The van der Waals surface area contributed by atoms with Crippen molar-refractivity contribution in [2.75, 3.05) is 39.3 Å². The van der Waals surface area contributed by atoms with Gasteiger partial charge in [0.15, 0.2) is 0 Å². The Bertz CT molecular complexity index is 194. The zero-order valence-corrected chi connectivity index (χ0v) is 10.6. The van der Waals surface area contributed by atoms with Crippen LogP contribution in [0.2, 0.25) is 0 Å². The number of nitrogens with zero attached hydrogens (tertiary/aromatic N) is 2. The van der Waals surface area contributed by atoms with Crippen LogP contribution < -0.4 is 0 Å². The molecule has 0 bridgehead atoms. The Balaban J connectivity index is 1.64. The lowest BCUT2D eigenvalue weighted by molar-refractivity contribution is 0.0747. The van der Waals surface area contributed by atoms with Gasteiger partial charge in [-0.3, -0.25) is 4.90 Å². The second-order valence-corrected chi connectivity index (χ2v) is 5.60. The van der Waals surface area contributed by atoms with Crippen LogP contribution in [0.4, 0.5) is 0 Å². The standard InChI is InChI=1S/C13H26N2O/c1-12(16)10-14-6-8-15(9-7-14)11-13-4-2-3-5-13/h12-13,16H,2-11H2,1H3. The van der Waals surface area contributed by atoms with Gasteiger partial charge >= 0.3 is 0 Å². The maximum absolute atomic E-state index is 9.35. The number of hydrogen-bond donors (Lipinski definition) is 1. The molecular formula is C13H26N2O. The fraction of sp³-hybridized carbons (Fsp3) is 1.00. The highest BCUT2D eigenvalue weighted by Crippen LogP contribution is 2.25. The lowest BCUT2D eigenvalue weighted by Gasteiger charge is -2.36. The van der Waals surface area contributed by atoms with Crippen molar-refractivity contribution in [2.24, 2.45) is 5.92 Å². The van der Waals surface area contributed by atoms with Gasteiger partial charge in [0.25, 0.3) is 0 Å². The fourth-order valence-corrected chi connectivity index (χ4v) is 3.09. The van der Waals surface area contributed by atoms with Gasteiger partial charge in [-0.25, -0.2) is 0 Å². The average Bonchev–Trinajstić information content (AvgIpc) is 2.73. The lowest BCUT2D eigenvalue weighted by atomic mass is 10.1. The first-order valence-electron chi connectivity index (χ1n) is 6.87. The predicted octanol–water partition coefficient (Wildman–Crippen LogP) is 1.17. The molecular weight excluding hydrogens is 200 g/mol. The molecule has 1 atom stereocenters. The number of hydrogen-bond acceptors (Lipinski definition) is 3. The Morgan fingerprint density at radius 1 is 1.06 bits per heavy atom. The highest BCUT2D eigenvalue weighted by Gasteiger charge is 2.22. The summed E-state index contributed by atoms with van der Waals surface area (Å²) in [6.07, 6.45) is 5.63. The molecule has 1 heterocycles. The SMILES string of the molecule is CC(O)CN1CCN(CC2CCCC2)CC1. The Labute approximate surface area is 99.4 Å². The molecule has 0 spiro atoms. The highest BCUT2D eigenvalue weighted by atomic mass is 16.3. The van der Waals surface area contributed by atoms with Crippen LogP contribution in [0.1, 0.15) is 32.6 Å². The van der Waals surface area contributed by atoms with Gasteiger partial charge in [-0.15, -0.1) is 0 Å². The zero-order valence-electron chi connectivity index (χ0n) is 10.6. The Hall–Kier alpha value is -0.120. The molecule has 0 aromatic carbocycles. The van der Waals surface area contributed by atoms with E-state index in [1.165, 1.54) is 45.3 Å². The third-order valence-corrected chi connectivity index (χ3v) is 3.98. The summed E-state index contributed by atoms with van der Waals surface area (Å²) in [7, 11) is 0. The second kappa shape index (κ2) is 5.99. The molecule has 0 amide bonds. The first-order chi connectivity index (χ1) is 7.74. The minimum absolute atomic E-state index is 0.179. The van der Waals surface area contributed by atoms with Crippen molar-refractivity contribution in [2.45, 2.75) is 38.7 Å². The van der Waals surface area contributed by atoms with Crippen molar-refractivity contribution in [1.29, 1.82) is 0 Å². The van der Waals surface area contributed by atoms with E-state index < -0.39 is 0 Å². The molecule has 2 rings (SSSR count). The summed E-state index contributed by atoms with van der Waals surface area (Å²) in [5.74, 6) is 0.975. The number of piperazine rings is 1. The normalized spacial score (nSPS) is 27.4. The van der Waals surface area contributed by atoms with Crippen molar-refractivity contribution >= 4 is 0 Å². The summed E-state index contributed by atoms with van der Waals surface area (Å²) in [5.41, 5.74) is 0. The summed E-state index contributed by atoms with van der Waals surface area (Å²) in [5, 5.41) is 9.35. The Morgan fingerprint density at radius 2 is 1.62 bits per heavy atom. The quantitative estimate of drug-likeness (QED) is 0.779. The number of rotatable bonds is 4. The van der Waals surface area contributed by atoms with Gasteiger partial charge in [0.05, 0.1) is 6.10 Å². The molecule has 1 saturated heterocycles. The third-order valence-electron chi connectivity index (χ3n) is 3.98. The minimum atomic E-state index is -0.179. The molecule has 16 heavy (non-hydrogen) atoms. The number of aliphatic hydroxyl groups excluding tert-OH is 1. The van der Waals surface area contributed by atoms with E-state index in [4.69, 9.17) is 0 Å². The van der Waals surface area contributed by atoms with Gasteiger partial charge in [0.2, 0.25) is 0 Å². The molecule has 1 unspecified atom stereocenters. The second-order valence-electron chi connectivity index (χ2n) is 5.60. The lowest BCUT2D eigenvalue weighted by Crippen LogP contribution is -2.49. The maximum atomic E-state index is 9.35. The first-order valence-corrected chi connectivity index (χ1v) is 6.87. The van der Waals surface area contributed by atoms with Crippen LogP contribution in [0, 0.1) is 5.92 Å². The average molecular weight is 226 g/mol. The molecule has 0 aromatic rings. The van der Waals surface area contributed by atoms with Crippen LogP contribution >= 0.6 is 0 Å². The molecule has 3 heteroatoms. The van der Waals surface area contributed by atoms with Gasteiger partial charge in [-0.05, 0) is 25.7 Å². The van der Waals surface area contributed by atoms with E-state index in [1.807, 2.05) is 6.92 Å². The third kappa shape index (κ3) is 3.72. The summed E-state index contributed by atoms with van der Waals surface area (Å²) in [6.45, 7) is 8.71. The summed E-state index contributed by atoms with van der Waals surface area (Å²) in [4.78, 5) is 5.00. The van der Waals surface area contributed by atoms with E-state index in [1.54, 1.807) is 0 Å². The molecule has 1 aliphatic carbocycles. The molecule has 1 aliphatic heterocycles. The van der Waals surface area contributed by atoms with Gasteiger partial charge in [-0.1, -0.05) is 12.8 Å². The van der Waals surface area contributed by atoms with Crippen LogP contribution in [0.25, 0.3) is 0 Å². The van der Waals surface area contributed by atoms with Crippen molar-refractivity contribution in [1.82, 2.24) is 9.80 Å². The van der Waals surface area contributed by atoms with Gasteiger partial charge in [-0.2, -0.15) is 0 Å². The van der Waals surface area contributed by atoms with Crippen molar-refractivity contribution < 1.29 is 5.11 Å². The van der Waals surface area contributed by atoms with E-state index in [-0.39, 0.29) is 6.10 Å². The van der Waals surface area contributed by atoms with Crippen LogP contribution in [-0.4, -0.2) is 60.3 Å². The largest absolute Gasteiger partial charge is 0.392 e. The van der Waals surface area contributed by atoms with Gasteiger partial charge in [0.1, 0.15) is 0 Å². The maximum Gasteiger partial charge on any atom is 0.0639 e. The van der Waals surface area contributed by atoms with Gasteiger partial charge < -0.3 is 10.0 Å². The van der Waals surface area contributed by atoms with Crippen LogP contribution in [0.5, 0.6) is 0 Å². The van der Waals surface area contributed by atoms with Crippen molar-refractivity contribution in [3.8, 4) is 0 Å². The van der Waals surface area contributed by atoms with E-state index in [9.17, 15) is 5.11 Å². The fourth-order valence-electron chi connectivity index (χ4n) is 3.09. The van der Waals surface area contributed by atoms with E-state index >= 15 is 0 Å². The van der Waals surface area contributed by atoms with Gasteiger partial charge in [0, 0.05) is 39.3 Å². The van der Waals surface area contributed by atoms with E-state index in [0.29, 0.717) is 0 Å². The highest BCUT2D eigenvalue weighted by molar-refractivity contribution is 4.77. The molecule has 1 saturated carbocycles. The monoisotopic (exact) mass is 226 g/mol. The molecule has 3 nitrogen and oxygen atoms in total. The smallest absolute Gasteiger partial charge is 0.0639 e. The predicted molar refractivity (Wildman–Crippen MR) is 66.5 cm³/mol. The molecule has 94 valence electrons. The van der Waals surface area contributed by atoms with Crippen LogP contribution in [-0.2, 0) is 0 Å².